The molecular weight excluding hydrogens is 407 g/mol. The van der Waals surface area contributed by atoms with Crippen LogP contribution in [0.4, 0.5) is 0 Å². The smallest absolute Gasteiger partial charge is 0.251 e. The van der Waals surface area contributed by atoms with Gasteiger partial charge >= 0.3 is 0 Å². The van der Waals surface area contributed by atoms with Gasteiger partial charge < -0.3 is 15.7 Å². The molecule has 2 rings (SSSR count). The molecule has 0 saturated carbocycles. The van der Waals surface area contributed by atoms with Crippen molar-refractivity contribution in [3.05, 3.63) is 63.6 Å². The standard InChI is InChI=1S/C19H20Cl2N2O3S/c20-15-6-5-14(17(21)10-15)11-27-12-18(25)22-7-2-8-23-19(26)13-3-1-4-16(24)9-13/h1,3-6,9-10,24H,2,7-8,11-12H2,(H,22,25)(H,23,26). The molecule has 0 fully saturated rings. The van der Waals surface area contributed by atoms with Crippen molar-refractivity contribution in [3.63, 3.8) is 0 Å². The Bertz CT molecular complexity index is 802. The first-order valence-corrected chi connectivity index (χ1v) is 10.2. The molecule has 0 unspecified atom stereocenters. The molecule has 27 heavy (non-hydrogen) atoms. The van der Waals surface area contributed by atoms with Crippen LogP contribution in [0.25, 0.3) is 0 Å². The molecule has 0 aliphatic heterocycles. The van der Waals surface area contributed by atoms with E-state index in [2.05, 4.69) is 10.6 Å². The molecule has 0 heterocycles. The average molecular weight is 427 g/mol. The van der Waals surface area contributed by atoms with Crippen LogP contribution < -0.4 is 10.6 Å². The fourth-order valence-corrected chi connectivity index (χ4v) is 3.63. The predicted octanol–water partition coefficient (Wildman–Crippen LogP) is 3.87. The molecule has 2 amide bonds. The first kappa shape index (κ1) is 21.4. The molecule has 0 aliphatic carbocycles. The summed E-state index contributed by atoms with van der Waals surface area (Å²) in [6.45, 7) is 0.906. The Hall–Kier alpha value is -1.89. The zero-order valence-corrected chi connectivity index (χ0v) is 16.8. The molecule has 0 atom stereocenters. The summed E-state index contributed by atoms with van der Waals surface area (Å²) in [5.74, 6) is 0.683. The van der Waals surface area contributed by atoms with E-state index in [1.165, 1.54) is 23.9 Å². The summed E-state index contributed by atoms with van der Waals surface area (Å²) < 4.78 is 0. The highest BCUT2D eigenvalue weighted by Crippen LogP contribution is 2.24. The van der Waals surface area contributed by atoms with E-state index in [0.29, 0.717) is 46.6 Å². The number of thioether (sulfide) groups is 1. The van der Waals surface area contributed by atoms with E-state index < -0.39 is 0 Å². The summed E-state index contributed by atoms with van der Waals surface area (Å²) in [7, 11) is 0. The molecule has 144 valence electrons. The zero-order chi connectivity index (χ0) is 19.6. The Balaban J connectivity index is 1.57. The fraction of sp³-hybridized carbons (Fsp3) is 0.263. The Morgan fingerprint density at radius 1 is 1.04 bits per heavy atom. The SMILES string of the molecule is O=C(CSCc1ccc(Cl)cc1Cl)NCCCNC(=O)c1cccc(O)c1. The summed E-state index contributed by atoms with van der Waals surface area (Å²) in [4.78, 5) is 23.7. The molecule has 0 saturated heterocycles. The molecule has 5 nitrogen and oxygen atoms in total. The summed E-state index contributed by atoms with van der Waals surface area (Å²) in [5.41, 5.74) is 1.34. The lowest BCUT2D eigenvalue weighted by Crippen LogP contribution is -2.30. The number of carbonyl (C=O) groups excluding carboxylic acids is 2. The van der Waals surface area contributed by atoms with E-state index in [9.17, 15) is 14.7 Å². The van der Waals surface area contributed by atoms with Gasteiger partial charge in [0.05, 0.1) is 5.75 Å². The van der Waals surface area contributed by atoms with Gasteiger partial charge in [-0.3, -0.25) is 9.59 Å². The second-order valence-corrected chi connectivity index (χ2v) is 7.57. The average Bonchev–Trinajstić information content (AvgIpc) is 2.63. The van der Waals surface area contributed by atoms with Crippen LogP contribution in [0.15, 0.2) is 42.5 Å². The van der Waals surface area contributed by atoms with Gasteiger partial charge in [0, 0.05) is 34.5 Å². The summed E-state index contributed by atoms with van der Waals surface area (Å²) >= 11 is 13.4. The highest BCUT2D eigenvalue weighted by molar-refractivity contribution is 7.99. The number of hydrogen-bond donors (Lipinski definition) is 3. The summed E-state index contributed by atoms with van der Waals surface area (Å²) in [5, 5.41) is 16.1. The minimum atomic E-state index is -0.257. The number of hydrogen-bond acceptors (Lipinski definition) is 4. The lowest BCUT2D eigenvalue weighted by molar-refractivity contribution is -0.118. The van der Waals surface area contributed by atoms with E-state index in [1.807, 2.05) is 6.07 Å². The predicted molar refractivity (Wildman–Crippen MR) is 111 cm³/mol. The third-order valence-electron chi connectivity index (χ3n) is 3.58. The molecule has 0 aromatic heterocycles. The molecule has 0 spiro atoms. The van der Waals surface area contributed by atoms with Gasteiger partial charge in [-0.25, -0.2) is 0 Å². The summed E-state index contributed by atoms with van der Waals surface area (Å²) in [6, 6.07) is 11.5. The van der Waals surface area contributed by atoms with Crippen LogP contribution in [-0.2, 0) is 10.5 Å². The van der Waals surface area contributed by atoms with E-state index >= 15 is 0 Å². The normalized spacial score (nSPS) is 10.4. The van der Waals surface area contributed by atoms with Gasteiger partial charge in [0.25, 0.3) is 5.91 Å². The Kier molecular flexibility index (Phi) is 8.78. The largest absolute Gasteiger partial charge is 0.508 e. The van der Waals surface area contributed by atoms with Crippen LogP contribution >= 0.6 is 35.0 Å². The lowest BCUT2D eigenvalue weighted by Gasteiger charge is -2.08. The van der Waals surface area contributed by atoms with Crippen molar-refractivity contribution in [2.24, 2.45) is 0 Å². The quantitative estimate of drug-likeness (QED) is 0.531. The number of aromatic hydroxyl groups is 1. The van der Waals surface area contributed by atoms with E-state index in [1.54, 1.807) is 24.3 Å². The molecule has 0 aliphatic rings. The number of halogens is 2. The van der Waals surface area contributed by atoms with Crippen molar-refractivity contribution in [1.82, 2.24) is 10.6 Å². The van der Waals surface area contributed by atoms with Crippen molar-refractivity contribution in [1.29, 1.82) is 0 Å². The Morgan fingerprint density at radius 3 is 2.56 bits per heavy atom. The molecule has 3 N–H and O–H groups in total. The van der Waals surface area contributed by atoms with Crippen molar-refractivity contribution in [2.45, 2.75) is 12.2 Å². The minimum absolute atomic E-state index is 0.0484. The number of phenols is 1. The molecule has 0 radical (unpaired) electrons. The van der Waals surface area contributed by atoms with E-state index in [0.717, 1.165) is 5.56 Å². The number of carbonyl (C=O) groups is 2. The third-order valence-corrected chi connectivity index (χ3v) is 5.14. The third kappa shape index (κ3) is 7.71. The first-order chi connectivity index (χ1) is 13.0. The second kappa shape index (κ2) is 11.1. The molecular formula is C19H20Cl2N2O3S. The van der Waals surface area contributed by atoms with Crippen LogP contribution in [0.5, 0.6) is 5.75 Å². The number of nitrogens with one attached hydrogen (secondary N) is 2. The number of phenolic OH excluding ortho intramolecular Hbond substituents is 1. The van der Waals surface area contributed by atoms with Gasteiger partial charge in [-0.05, 0) is 42.3 Å². The number of rotatable bonds is 9. The van der Waals surface area contributed by atoms with Gasteiger partial charge in [-0.1, -0.05) is 35.3 Å². The van der Waals surface area contributed by atoms with Crippen LogP contribution in [0.1, 0.15) is 22.3 Å². The summed E-state index contributed by atoms with van der Waals surface area (Å²) in [6.07, 6.45) is 0.615. The topological polar surface area (TPSA) is 78.4 Å². The van der Waals surface area contributed by atoms with Crippen molar-refractivity contribution in [2.75, 3.05) is 18.8 Å². The maximum Gasteiger partial charge on any atom is 0.251 e. The number of amides is 2. The minimum Gasteiger partial charge on any atom is -0.508 e. The van der Waals surface area contributed by atoms with E-state index in [4.69, 9.17) is 23.2 Å². The van der Waals surface area contributed by atoms with Crippen molar-refractivity contribution < 1.29 is 14.7 Å². The Labute approximate surface area is 172 Å². The van der Waals surface area contributed by atoms with Crippen LogP contribution in [0.2, 0.25) is 10.0 Å². The maximum absolute atomic E-state index is 11.9. The molecule has 0 bridgehead atoms. The van der Waals surface area contributed by atoms with Gasteiger partial charge in [-0.15, -0.1) is 11.8 Å². The monoisotopic (exact) mass is 426 g/mol. The Morgan fingerprint density at radius 2 is 1.81 bits per heavy atom. The zero-order valence-electron chi connectivity index (χ0n) is 14.5. The van der Waals surface area contributed by atoms with Gasteiger partial charge in [0.1, 0.15) is 5.75 Å². The molecule has 2 aromatic rings. The highest BCUT2D eigenvalue weighted by Gasteiger charge is 2.07. The lowest BCUT2D eigenvalue weighted by atomic mass is 10.2. The molecule has 8 heteroatoms. The van der Waals surface area contributed by atoms with Gasteiger partial charge in [0.15, 0.2) is 0 Å². The second-order valence-electron chi connectivity index (χ2n) is 5.74. The fourth-order valence-electron chi connectivity index (χ4n) is 2.21. The van der Waals surface area contributed by atoms with Crippen LogP contribution in [-0.4, -0.2) is 35.8 Å². The van der Waals surface area contributed by atoms with Crippen molar-refractivity contribution >= 4 is 46.8 Å². The van der Waals surface area contributed by atoms with Gasteiger partial charge in [0.2, 0.25) is 5.91 Å². The molecule has 2 aromatic carbocycles. The number of benzene rings is 2. The maximum atomic E-state index is 11.9. The van der Waals surface area contributed by atoms with Crippen LogP contribution in [0, 0.1) is 0 Å². The van der Waals surface area contributed by atoms with Crippen LogP contribution in [0.3, 0.4) is 0 Å². The van der Waals surface area contributed by atoms with E-state index in [-0.39, 0.29) is 17.6 Å². The van der Waals surface area contributed by atoms with Gasteiger partial charge in [-0.2, -0.15) is 0 Å². The first-order valence-electron chi connectivity index (χ1n) is 8.31. The van der Waals surface area contributed by atoms with Crippen molar-refractivity contribution in [3.8, 4) is 5.75 Å². The highest BCUT2D eigenvalue weighted by atomic mass is 35.5.